The number of amides is 1. The van der Waals surface area contributed by atoms with Crippen molar-refractivity contribution in [2.24, 2.45) is 0 Å². The van der Waals surface area contributed by atoms with Crippen molar-refractivity contribution in [2.75, 3.05) is 13.7 Å². The highest BCUT2D eigenvalue weighted by Gasteiger charge is 2.46. The second kappa shape index (κ2) is 6.42. The van der Waals surface area contributed by atoms with E-state index in [0.717, 1.165) is 6.07 Å². The number of hydrogen-bond donors (Lipinski definition) is 0. The largest absolute Gasteiger partial charge is 0.423 e. The van der Waals surface area contributed by atoms with E-state index in [9.17, 15) is 13.6 Å². The van der Waals surface area contributed by atoms with Gasteiger partial charge in [-0.25, -0.2) is 8.78 Å². The molecule has 6 nitrogen and oxygen atoms in total. The van der Waals surface area contributed by atoms with Crippen molar-refractivity contribution in [2.45, 2.75) is 43.7 Å². The lowest BCUT2D eigenvalue weighted by atomic mass is 10.1. The average molecular weight is 363 g/mol. The molecule has 0 radical (unpaired) electrons. The summed E-state index contributed by atoms with van der Waals surface area (Å²) < 4.78 is 38.5. The molecule has 1 amide bonds. The minimum Gasteiger partial charge on any atom is -0.423 e. The predicted molar refractivity (Wildman–Crippen MR) is 86.3 cm³/mol. The maximum Gasteiger partial charge on any atom is 0.239 e. The fourth-order valence-electron chi connectivity index (χ4n) is 3.70. The summed E-state index contributed by atoms with van der Waals surface area (Å²) in [6.45, 7) is 1.97. The molecule has 26 heavy (non-hydrogen) atoms. The second-order valence-corrected chi connectivity index (χ2v) is 6.85. The van der Waals surface area contributed by atoms with Crippen LogP contribution in [0.3, 0.4) is 0 Å². The molecule has 1 aromatic carbocycles. The maximum atomic E-state index is 14.0. The molecule has 0 spiro atoms. The fraction of sp³-hybridized carbons (Fsp3) is 0.500. The molecule has 4 rings (SSSR count). The first-order valence-corrected chi connectivity index (χ1v) is 8.56. The van der Waals surface area contributed by atoms with Gasteiger partial charge in [0.2, 0.25) is 17.7 Å². The number of rotatable bonds is 4. The molecule has 1 saturated carbocycles. The van der Waals surface area contributed by atoms with Crippen molar-refractivity contribution in [1.82, 2.24) is 15.1 Å². The molecule has 4 atom stereocenters. The van der Waals surface area contributed by atoms with Crippen LogP contribution >= 0.6 is 0 Å². The molecular weight excluding hydrogens is 344 g/mol. The Kier molecular flexibility index (Phi) is 4.22. The van der Waals surface area contributed by atoms with Crippen molar-refractivity contribution in [3.8, 4) is 0 Å². The van der Waals surface area contributed by atoms with Gasteiger partial charge in [0.1, 0.15) is 6.04 Å². The Bertz CT molecular complexity index is 841. The molecule has 2 aliphatic rings. The molecule has 1 aliphatic heterocycles. The van der Waals surface area contributed by atoms with Crippen LogP contribution in [0.5, 0.6) is 0 Å². The number of nitrogens with zero attached hydrogens (tertiary/aromatic N) is 3. The number of benzene rings is 1. The minimum atomic E-state index is -0.854. The van der Waals surface area contributed by atoms with Gasteiger partial charge in [0.05, 0.1) is 6.10 Å². The van der Waals surface area contributed by atoms with E-state index in [1.165, 1.54) is 13.0 Å². The topological polar surface area (TPSA) is 68.5 Å². The number of methoxy groups -OCH3 is 1. The number of ether oxygens (including phenoxy) is 1. The number of carbonyl (C=O) groups excluding carboxylic acids is 1. The van der Waals surface area contributed by atoms with E-state index in [0.29, 0.717) is 36.7 Å². The van der Waals surface area contributed by atoms with E-state index in [2.05, 4.69) is 10.2 Å². The molecule has 1 saturated heterocycles. The number of hydrogen-bond acceptors (Lipinski definition) is 5. The lowest BCUT2D eigenvalue weighted by molar-refractivity contribution is -0.130. The van der Waals surface area contributed by atoms with Crippen LogP contribution in [0.15, 0.2) is 22.6 Å². The van der Waals surface area contributed by atoms with Crippen molar-refractivity contribution in [3.63, 3.8) is 0 Å². The van der Waals surface area contributed by atoms with Crippen LogP contribution in [0.4, 0.5) is 8.78 Å². The summed E-state index contributed by atoms with van der Waals surface area (Å²) in [5.41, 5.74) is 0.334. The Labute approximate surface area is 149 Å². The second-order valence-electron chi connectivity index (χ2n) is 6.85. The summed E-state index contributed by atoms with van der Waals surface area (Å²) in [6.07, 6.45) is 1.14. The Morgan fingerprint density at radius 1 is 1.23 bits per heavy atom. The molecule has 2 fully saturated rings. The summed E-state index contributed by atoms with van der Waals surface area (Å²) >= 11 is 0. The summed E-state index contributed by atoms with van der Waals surface area (Å²) in [4.78, 5) is 13.5. The van der Waals surface area contributed by atoms with E-state index < -0.39 is 11.6 Å². The highest BCUT2D eigenvalue weighted by Crippen LogP contribution is 2.55. The smallest absolute Gasteiger partial charge is 0.239 e. The van der Waals surface area contributed by atoms with Crippen molar-refractivity contribution in [3.05, 3.63) is 47.2 Å². The molecule has 0 bridgehead atoms. The zero-order valence-corrected chi connectivity index (χ0v) is 14.5. The highest BCUT2D eigenvalue weighted by atomic mass is 19.2. The zero-order chi connectivity index (χ0) is 18.4. The minimum absolute atomic E-state index is 0.0747. The number of likely N-dealkylation sites (tertiary alicyclic amines) is 1. The van der Waals surface area contributed by atoms with E-state index >= 15 is 0 Å². The molecular formula is C18H19F2N3O3. The Balaban J connectivity index is 1.52. The normalized spacial score (nSPS) is 27.8. The third-order valence-electron chi connectivity index (χ3n) is 5.23. The van der Waals surface area contributed by atoms with E-state index in [-0.39, 0.29) is 29.9 Å². The van der Waals surface area contributed by atoms with Gasteiger partial charge in [0.25, 0.3) is 0 Å². The van der Waals surface area contributed by atoms with Crippen LogP contribution < -0.4 is 0 Å². The summed E-state index contributed by atoms with van der Waals surface area (Å²) in [7, 11) is 1.60. The quantitative estimate of drug-likeness (QED) is 0.835. The Hall–Kier alpha value is -2.35. The van der Waals surface area contributed by atoms with Crippen LogP contribution in [0.2, 0.25) is 0 Å². The fourth-order valence-corrected chi connectivity index (χ4v) is 3.70. The van der Waals surface area contributed by atoms with Crippen LogP contribution in [0.1, 0.15) is 55.0 Å². The van der Waals surface area contributed by atoms with Crippen molar-refractivity contribution >= 4 is 5.91 Å². The van der Waals surface area contributed by atoms with Crippen LogP contribution in [-0.4, -0.2) is 40.8 Å². The van der Waals surface area contributed by atoms with Crippen LogP contribution in [0.25, 0.3) is 0 Å². The standard InChI is InChI=1S/C18H19F2N3O3/c1-9(24)23-8-10(25-2)6-15(23)18-22-21-17(26-18)13-7-12(13)11-4-3-5-14(19)16(11)20/h3-5,10,12-13,15H,6-8H2,1-2H3/t10-,12+,13-,15+/m0/s1. The number of aromatic nitrogens is 2. The van der Waals surface area contributed by atoms with Gasteiger partial charge in [-0.3, -0.25) is 4.79 Å². The van der Waals surface area contributed by atoms with Crippen molar-refractivity contribution in [1.29, 1.82) is 0 Å². The monoisotopic (exact) mass is 363 g/mol. The number of halogens is 2. The summed E-state index contributed by atoms with van der Waals surface area (Å²) in [6, 6.07) is 3.86. The van der Waals surface area contributed by atoms with Crippen LogP contribution in [0, 0.1) is 11.6 Å². The molecule has 138 valence electrons. The van der Waals surface area contributed by atoms with E-state index in [1.807, 2.05) is 0 Å². The van der Waals surface area contributed by atoms with Gasteiger partial charge in [0, 0.05) is 32.9 Å². The SMILES string of the molecule is CO[C@H]1C[C@H](c2nnc([C@H]3C[C@@H]3c3cccc(F)c3F)o2)N(C(C)=O)C1. The molecule has 2 heterocycles. The molecule has 8 heteroatoms. The van der Waals surface area contributed by atoms with E-state index in [1.54, 1.807) is 18.1 Å². The van der Waals surface area contributed by atoms with Gasteiger partial charge in [-0.1, -0.05) is 12.1 Å². The highest BCUT2D eigenvalue weighted by molar-refractivity contribution is 5.74. The molecule has 1 aliphatic carbocycles. The van der Waals surface area contributed by atoms with Crippen LogP contribution in [-0.2, 0) is 9.53 Å². The third kappa shape index (κ3) is 2.88. The first-order chi connectivity index (χ1) is 12.5. The predicted octanol–water partition coefficient (Wildman–Crippen LogP) is 2.93. The van der Waals surface area contributed by atoms with Gasteiger partial charge in [-0.05, 0) is 24.0 Å². The van der Waals surface area contributed by atoms with Gasteiger partial charge in [-0.15, -0.1) is 10.2 Å². The molecule has 2 aromatic rings. The van der Waals surface area contributed by atoms with Gasteiger partial charge >= 0.3 is 0 Å². The van der Waals surface area contributed by atoms with Gasteiger partial charge in [0.15, 0.2) is 11.6 Å². The van der Waals surface area contributed by atoms with Gasteiger partial charge in [-0.2, -0.15) is 0 Å². The third-order valence-corrected chi connectivity index (χ3v) is 5.23. The lowest BCUT2D eigenvalue weighted by Gasteiger charge is -2.19. The Morgan fingerprint density at radius 2 is 2.00 bits per heavy atom. The Morgan fingerprint density at radius 3 is 2.73 bits per heavy atom. The zero-order valence-electron chi connectivity index (χ0n) is 14.5. The van der Waals surface area contributed by atoms with E-state index in [4.69, 9.17) is 9.15 Å². The molecule has 0 unspecified atom stereocenters. The lowest BCUT2D eigenvalue weighted by Crippen LogP contribution is -2.29. The number of carbonyl (C=O) groups is 1. The first kappa shape index (κ1) is 17.1. The average Bonchev–Trinajstić information content (AvgIpc) is 3.07. The van der Waals surface area contributed by atoms with Crippen molar-refractivity contribution < 1.29 is 22.7 Å². The molecule has 1 aromatic heterocycles. The van der Waals surface area contributed by atoms with Gasteiger partial charge < -0.3 is 14.1 Å². The summed E-state index contributed by atoms with van der Waals surface area (Å²) in [5.74, 6) is -1.29. The maximum absolute atomic E-state index is 14.0. The summed E-state index contributed by atoms with van der Waals surface area (Å²) in [5, 5.41) is 8.18. The first-order valence-electron chi connectivity index (χ1n) is 8.56. The molecule has 0 N–H and O–H groups in total.